The van der Waals surface area contributed by atoms with E-state index in [1.807, 2.05) is 32.9 Å². The Morgan fingerprint density at radius 2 is 1.65 bits per heavy atom. The number of nitrogens with zero attached hydrogens (tertiary/aromatic N) is 2. The molecule has 5 rings (SSSR count). The minimum Gasteiger partial charge on any atom is -0.454 e. The normalized spacial score (nSPS) is 19.9. The molecule has 1 N–H and O–H groups in total. The minimum atomic E-state index is -0.951. The Kier molecular flexibility index (Phi) is 6.81. The average molecular weight is 508 g/mol. The summed E-state index contributed by atoms with van der Waals surface area (Å²) in [6.07, 6.45) is 0.823. The van der Waals surface area contributed by atoms with Gasteiger partial charge in [-0.15, -0.1) is 0 Å². The summed E-state index contributed by atoms with van der Waals surface area (Å²) < 4.78 is 17.0. The lowest BCUT2D eigenvalue weighted by Gasteiger charge is -2.44. The van der Waals surface area contributed by atoms with Crippen molar-refractivity contribution in [3.8, 4) is 11.5 Å². The van der Waals surface area contributed by atoms with E-state index < -0.39 is 11.8 Å². The molecule has 3 aliphatic heterocycles. The maximum absolute atomic E-state index is 13.8. The molecule has 2 aromatic rings. The van der Waals surface area contributed by atoms with Crippen LogP contribution in [0.15, 0.2) is 42.5 Å². The van der Waals surface area contributed by atoms with Gasteiger partial charge in [-0.1, -0.05) is 31.5 Å². The molecule has 0 saturated carbocycles. The van der Waals surface area contributed by atoms with Gasteiger partial charge >= 0.3 is 0 Å². The van der Waals surface area contributed by atoms with Crippen LogP contribution < -0.4 is 14.8 Å². The summed E-state index contributed by atoms with van der Waals surface area (Å²) in [6.45, 7) is 7.59. The van der Waals surface area contributed by atoms with Crippen LogP contribution in [-0.4, -0.2) is 72.3 Å². The van der Waals surface area contributed by atoms with Gasteiger partial charge in [0.2, 0.25) is 12.7 Å². The standard InChI is InChI=1S/C28H33N3O6/c1-18(2)15-29-25(32)22-16-37-28(31(22)27(34)20-6-4-19(3)5-7-20)10-12-30(13-11-28)26(33)21-8-9-23-24(14-21)36-17-35-23/h4-9,14,18,22H,10-13,15-17H2,1-3H3,(H,29,32)/t22-/m0/s1. The number of aryl methyl sites for hydroxylation is 1. The Balaban J connectivity index is 1.35. The summed E-state index contributed by atoms with van der Waals surface area (Å²) >= 11 is 0. The van der Waals surface area contributed by atoms with Gasteiger partial charge in [0, 0.05) is 43.6 Å². The molecule has 3 aliphatic rings. The van der Waals surface area contributed by atoms with Crippen molar-refractivity contribution in [2.24, 2.45) is 5.92 Å². The van der Waals surface area contributed by atoms with Crippen LogP contribution in [0.4, 0.5) is 0 Å². The molecule has 2 saturated heterocycles. The highest BCUT2D eigenvalue weighted by molar-refractivity contribution is 5.99. The van der Waals surface area contributed by atoms with Crippen LogP contribution >= 0.6 is 0 Å². The Morgan fingerprint density at radius 1 is 0.973 bits per heavy atom. The summed E-state index contributed by atoms with van der Waals surface area (Å²) in [5.74, 6) is 0.896. The van der Waals surface area contributed by atoms with Gasteiger partial charge in [-0.25, -0.2) is 0 Å². The van der Waals surface area contributed by atoms with Crippen LogP contribution in [0.3, 0.4) is 0 Å². The van der Waals surface area contributed by atoms with Gasteiger partial charge in [-0.3, -0.25) is 19.3 Å². The van der Waals surface area contributed by atoms with E-state index in [1.165, 1.54) is 0 Å². The van der Waals surface area contributed by atoms with Gasteiger partial charge in [-0.05, 0) is 43.2 Å². The number of piperidine rings is 1. The molecule has 0 aromatic heterocycles. The number of carbonyl (C=O) groups is 3. The smallest absolute Gasteiger partial charge is 0.256 e. The molecule has 2 aromatic carbocycles. The lowest BCUT2D eigenvalue weighted by molar-refractivity contribution is -0.128. The maximum atomic E-state index is 13.8. The average Bonchev–Trinajstić information content (AvgIpc) is 3.52. The summed E-state index contributed by atoms with van der Waals surface area (Å²) in [6, 6.07) is 11.8. The van der Waals surface area contributed by atoms with Crippen molar-refractivity contribution in [1.82, 2.24) is 15.1 Å². The van der Waals surface area contributed by atoms with E-state index >= 15 is 0 Å². The number of amides is 3. The van der Waals surface area contributed by atoms with Gasteiger partial charge in [-0.2, -0.15) is 0 Å². The second-order valence-electron chi connectivity index (χ2n) is 10.3. The van der Waals surface area contributed by atoms with Crippen LogP contribution in [0.2, 0.25) is 0 Å². The summed E-state index contributed by atoms with van der Waals surface area (Å²) in [4.78, 5) is 43.6. The number of rotatable bonds is 5. The molecule has 0 radical (unpaired) electrons. The molecule has 0 bridgehead atoms. The molecule has 196 valence electrons. The zero-order chi connectivity index (χ0) is 26.2. The molecule has 1 spiro atoms. The van der Waals surface area contributed by atoms with Crippen molar-refractivity contribution < 1.29 is 28.6 Å². The van der Waals surface area contributed by atoms with Gasteiger partial charge in [0.15, 0.2) is 11.5 Å². The Labute approximate surface area is 216 Å². The second kappa shape index (κ2) is 10.0. The van der Waals surface area contributed by atoms with Crippen molar-refractivity contribution in [2.75, 3.05) is 33.0 Å². The number of hydrogen-bond acceptors (Lipinski definition) is 6. The topological polar surface area (TPSA) is 97.4 Å². The number of likely N-dealkylation sites (tertiary alicyclic amines) is 1. The fourth-order valence-corrected chi connectivity index (χ4v) is 5.10. The predicted octanol–water partition coefficient (Wildman–Crippen LogP) is 2.97. The van der Waals surface area contributed by atoms with Crippen LogP contribution in [-0.2, 0) is 9.53 Å². The summed E-state index contributed by atoms with van der Waals surface area (Å²) in [7, 11) is 0. The number of benzene rings is 2. The highest BCUT2D eigenvalue weighted by atomic mass is 16.7. The largest absolute Gasteiger partial charge is 0.454 e. The first-order valence-corrected chi connectivity index (χ1v) is 12.8. The van der Waals surface area contributed by atoms with Gasteiger partial charge in [0.25, 0.3) is 11.8 Å². The molecule has 2 fully saturated rings. The van der Waals surface area contributed by atoms with Crippen molar-refractivity contribution in [1.29, 1.82) is 0 Å². The number of nitrogens with one attached hydrogen (secondary N) is 1. The molecular weight excluding hydrogens is 474 g/mol. The molecule has 3 heterocycles. The van der Waals surface area contributed by atoms with Crippen LogP contribution in [0.25, 0.3) is 0 Å². The number of ether oxygens (including phenoxy) is 3. The van der Waals surface area contributed by atoms with Crippen molar-refractivity contribution in [3.05, 3.63) is 59.2 Å². The number of carbonyl (C=O) groups excluding carboxylic acids is 3. The Hall–Kier alpha value is -3.59. The zero-order valence-electron chi connectivity index (χ0n) is 21.5. The van der Waals surface area contributed by atoms with E-state index in [9.17, 15) is 14.4 Å². The fraction of sp³-hybridized carbons (Fsp3) is 0.464. The molecule has 9 heteroatoms. The minimum absolute atomic E-state index is 0.117. The van der Waals surface area contributed by atoms with Gasteiger partial charge in [0.1, 0.15) is 11.8 Å². The van der Waals surface area contributed by atoms with Crippen molar-refractivity contribution in [3.63, 3.8) is 0 Å². The third-order valence-corrected chi connectivity index (χ3v) is 7.22. The first-order valence-electron chi connectivity index (χ1n) is 12.8. The molecule has 1 atom stereocenters. The summed E-state index contributed by atoms with van der Waals surface area (Å²) in [5, 5.41) is 2.96. The first-order chi connectivity index (χ1) is 17.8. The first kappa shape index (κ1) is 25.1. The van der Waals surface area contributed by atoms with Crippen LogP contribution in [0.1, 0.15) is 53.0 Å². The molecule has 0 aliphatic carbocycles. The molecule has 0 unspecified atom stereocenters. The van der Waals surface area contributed by atoms with Crippen LogP contribution in [0.5, 0.6) is 11.5 Å². The van der Waals surface area contributed by atoms with E-state index in [1.54, 1.807) is 40.1 Å². The molecule has 9 nitrogen and oxygen atoms in total. The third-order valence-electron chi connectivity index (χ3n) is 7.22. The van der Waals surface area contributed by atoms with Gasteiger partial charge < -0.3 is 24.4 Å². The van der Waals surface area contributed by atoms with E-state index in [0.29, 0.717) is 55.1 Å². The zero-order valence-corrected chi connectivity index (χ0v) is 21.5. The van der Waals surface area contributed by atoms with E-state index in [-0.39, 0.29) is 37.0 Å². The SMILES string of the molecule is Cc1ccc(C(=O)N2[C@H](C(=O)NCC(C)C)COC23CCN(C(=O)c2ccc4c(c2)OCO4)CC3)cc1. The lowest BCUT2D eigenvalue weighted by atomic mass is 9.96. The molecule has 37 heavy (non-hydrogen) atoms. The van der Waals surface area contributed by atoms with Crippen LogP contribution in [0, 0.1) is 12.8 Å². The van der Waals surface area contributed by atoms with Gasteiger partial charge in [0.05, 0.1) is 6.61 Å². The highest BCUT2D eigenvalue weighted by Crippen LogP contribution is 2.39. The monoisotopic (exact) mass is 507 g/mol. The number of hydrogen-bond donors (Lipinski definition) is 1. The Bertz CT molecular complexity index is 1190. The highest BCUT2D eigenvalue weighted by Gasteiger charge is 2.54. The predicted molar refractivity (Wildman–Crippen MR) is 135 cm³/mol. The third kappa shape index (κ3) is 4.87. The number of fused-ring (bicyclic) bond motifs is 1. The van der Waals surface area contributed by atoms with E-state index in [2.05, 4.69) is 5.32 Å². The lowest BCUT2D eigenvalue weighted by Crippen LogP contribution is -2.60. The van der Waals surface area contributed by atoms with E-state index in [0.717, 1.165) is 5.56 Å². The quantitative estimate of drug-likeness (QED) is 0.669. The van der Waals surface area contributed by atoms with Crippen molar-refractivity contribution in [2.45, 2.75) is 45.4 Å². The van der Waals surface area contributed by atoms with Crippen molar-refractivity contribution >= 4 is 17.7 Å². The molecular formula is C28H33N3O6. The fourth-order valence-electron chi connectivity index (χ4n) is 5.10. The van der Waals surface area contributed by atoms with E-state index in [4.69, 9.17) is 14.2 Å². The maximum Gasteiger partial charge on any atom is 0.256 e. The Morgan fingerprint density at radius 3 is 2.35 bits per heavy atom. The second-order valence-corrected chi connectivity index (χ2v) is 10.3. The molecule has 3 amide bonds. The summed E-state index contributed by atoms with van der Waals surface area (Å²) in [5.41, 5.74) is 1.13.